The van der Waals surface area contributed by atoms with E-state index in [4.69, 9.17) is 0 Å². The van der Waals surface area contributed by atoms with E-state index in [0.717, 1.165) is 13.0 Å². The molecule has 8 nitrogen and oxygen atoms in total. The van der Waals surface area contributed by atoms with Crippen molar-refractivity contribution in [3.63, 3.8) is 0 Å². The molecular formula is C18H28N4O4S2. The van der Waals surface area contributed by atoms with Gasteiger partial charge in [0.15, 0.2) is 0 Å². The van der Waals surface area contributed by atoms with Crippen LogP contribution in [0.25, 0.3) is 0 Å². The number of nitrogens with zero attached hydrogens (tertiary/aromatic N) is 4. The summed E-state index contributed by atoms with van der Waals surface area (Å²) in [5.74, 6) is -0.0674. The number of rotatable bonds is 5. The summed E-state index contributed by atoms with van der Waals surface area (Å²) in [6.07, 6.45) is 2.03. The minimum Gasteiger partial charge on any atom is -0.348 e. The van der Waals surface area contributed by atoms with E-state index in [0.29, 0.717) is 45.6 Å². The minimum atomic E-state index is -3.63. The smallest absolute Gasteiger partial charge is 0.253 e. The fraction of sp³-hybridized carbons (Fsp3) is 0.667. The predicted octanol–water partition coefficient (Wildman–Crippen LogP) is 0.524. The van der Waals surface area contributed by atoms with E-state index in [9.17, 15) is 18.0 Å². The summed E-state index contributed by atoms with van der Waals surface area (Å²) < 4.78 is 27.5. The first kappa shape index (κ1) is 21.2. The summed E-state index contributed by atoms with van der Waals surface area (Å²) in [5.41, 5.74) is 0. The zero-order chi connectivity index (χ0) is 20.3. The Morgan fingerprint density at radius 1 is 1.14 bits per heavy atom. The number of thiophene rings is 1. The lowest BCUT2D eigenvalue weighted by atomic mass is 10.2. The summed E-state index contributed by atoms with van der Waals surface area (Å²) in [4.78, 5) is 30.5. The Hall–Kier alpha value is -1.49. The van der Waals surface area contributed by atoms with Gasteiger partial charge in [0.05, 0.1) is 6.54 Å². The van der Waals surface area contributed by atoms with Gasteiger partial charge in [-0.25, -0.2) is 8.42 Å². The van der Waals surface area contributed by atoms with E-state index in [-0.39, 0.29) is 16.0 Å². The third kappa shape index (κ3) is 4.56. The molecule has 1 aromatic rings. The lowest BCUT2D eigenvalue weighted by molar-refractivity contribution is -0.134. The molecule has 3 heterocycles. The maximum Gasteiger partial charge on any atom is 0.253 e. The fourth-order valence-electron chi connectivity index (χ4n) is 3.69. The van der Waals surface area contributed by atoms with E-state index in [2.05, 4.69) is 4.90 Å². The standard InChI is InChI=1S/C18H28N4O4S2/c1-19(2)16(23)14-20-8-5-9-21(12-11-20)18(24)15-6-3-10-22(15)28(25,26)17-7-4-13-27-17/h4,7,13,15H,3,5-6,8-12,14H2,1-2H3. The quantitative estimate of drug-likeness (QED) is 0.683. The Balaban J connectivity index is 1.65. The predicted molar refractivity (Wildman–Crippen MR) is 108 cm³/mol. The molecule has 2 saturated heterocycles. The van der Waals surface area contributed by atoms with E-state index in [1.807, 2.05) is 0 Å². The van der Waals surface area contributed by atoms with Gasteiger partial charge in [-0.2, -0.15) is 4.31 Å². The molecule has 3 rings (SSSR count). The number of carbonyl (C=O) groups excluding carboxylic acids is 2. The second-order valence-electron chi connectivity index (χ2n) is 7.45. The van der Waals surface area contributed by atoms with Gasteiger partial charge in [-0.05, 0) is 30.7 Å². The maximum absolute atomic E-state index is 13.1. The number of sulfonamides is 1. The molecule has 0 bridgehead atoms. The molecule has 1 unspecified atom stereocenters. The number of hydrogen-bond acceptors (Lipinski definition) is 6. The number of carbonyl (C=O) groups is 2. The first-order chi connectivity index (χ1) is 13.3. The molecular weight excluding hydrogens is 400 g/mol. The number of amides is 2. The van der Waals surface area contributed by atoms with Gasteiger partial charge in [-0.1, -0.05) is 6.07 Å². The van der Waals surface area contributed by atoms with Crippen LogP contribution in [-0.2, 0) is 19.6 Å². The average molecular weight is 429 g/mol. The van der Waals surface area contributed by atoms with Crippen molar-refractivity contribution in [2.75, 3.05) is 53.4 Å². The summed E-state index contributed by atoms with van der Waals surface area (Å²) in [6, 6.07) is 2.68. The van der Waals surface area contributed by atoms with Crippen molar-refractivity contribution in [1.82, 2.24) is 19.0 Å². The lowest BCUT2D eigenvalue weighted by Gasteiger charge is -2.29. The first-order valence-corrected chi connectivity index (χ1v) is 11.9. The van der Waals surface area contributed by atoms with Crippen molar-refractivity contribution < 1.29 is 18.0 Å². The molecule has 0 saturated carbocycles. The van der Waals surface area contributed by atoms with Gasteiger partial charge in [0.1, 0.15) is 10.3 Å². The normalized spacial score (nSPS) is 22.2. The highest BCUT2D eigenvalue weighted by atomic mass is 32.2. The van der Waals surface area contributed by atoms with Crippen LogP contribution in [0, 0.1) is 0 Å². The first-order valence-electron chi connectivity index (χ1n) is 9.57. The Kier molecular flexibility index (Phi) is 6.74. The molecule has 1 aromatic heterocycles. The van der Waals surface area contributed by atoms with Crippen LogP contribution in [0.5, 0.6) is 0 Å². The Morgan fingerprint density at radius 2 is 1.93 bits per heavy atom. The van der Waals surface area contributed by atoms with Gasteiger partial charge in [-0.3, -0.25) is 14.5 Å². The van der Waals surface area contributed by atoms with Gasteiger partial charge < -0.3 is 9.80 Å². The number of hydrogen-bond donors (Lipinski definition) is 0. The van der Waals surface area contributed by atoms with Crippen molar-refractivity contribution in [3.05, 3.63) is 17.5 Å². The van der Waals surface area contributed by atoms with Crippen molar-refractivity contribution in [2.45, 2.75) is 29.5 Å². The third-order valence-electron chi connectivity index (χ3n) is 5.30. The van der Waals surface area contributed by atoms with Gasteiger partial charge in [-0.15, -0.1) is 11.3 Å². The molecule has 28 heavy (non-hydrogen) atoms. The van der Waals surface area contributed by atoms with E-state index >= 15 is 0 Å². The Labute approximate surface area is 170 Å². The summed E-state index contributed by atoms with van der Waals surface area (Å²) >= 11 is 1.18. The van der Waals surface area contributed by atoms with Crippen LogP contribution >= 0.6 is 11.3 Å². The van der Waals surface area contributed by atoms with Gasteiger partial charge >= 0.3 is 0 Å². The summed E-state index contributed by atoms with van der Waals surface area (Å²) in [6.45, 7) is 3.21. The zero-order valence-electron chi connectivity index (χ0n) is 16.4. The molecule has 2 fully saturated rings. The fourth-order valence-corrected chi connectivity index (χ4v) is 6.46. The molecule has 2 aliphatic rings. The van der Waals surface area contributed by atoms with Crippen LogP contribution in [0.2, 0.25) is 0 Å². The lowest BCUT2D eigenvalue weighted by Crippen LogP contribution is -2.48. The SMILES string of the molecule is CN(C)C(=O)CN1CCCN(C(=O)C2CCCN2S(=O)(=O)c2cccs2)CC1. The van der Waals surface area contributed by atoms with Gasteiger partial charge in [0, 0.05) is 46.8 Å². The Bertz CT molecular complexity index is 795. The molecule has 0 aliphatic carbocycles. The summed E-state index contributed by atoms with van der Waals surface area (Å²) in [7, 11) is -0.160. The third-order valence-corrected chi connectivity index (χ3v) is 8.59. The molecule has 156 valence electrons. The molecule has 1 atom stereocenters. The van der Waals surface area contributed by atoms with Crippen LogP contribution in [0.3, 0.4) is 0 Å². The van der Waals surface area contributed by atoms with Crippen molar-refractivity contribution in [3.8, 4) is 0 Å². The molecule has 2 amide bonds. The molecule has 0 aromatic carbocycles. The van der Waals surface area contributed by atoms with Crippen molar-refractivity contribution in [1.29, 1.82) is 0 Å². The molecule has 0 N–H and O–H groups in total. The molecule has 2 aliphatic heterocycles. The van der Waals surface area contributed by atoms with Crippen LogP contribution in [0.15, 0.2) is 21.7 Å². The van der Waals surface area contributed by atoms with E-state index in [1.165, 1.54) is 15.6 Å². The average Bonchev–Trinajstić information content (AvgIpc) is 3.31. The molecule has 0 spiro atoms. The second kappa shape index (κ2) is 8.89. The highest BCUT2D eigenvalue weighted by Crippen LogP contribution is 2.29. The summed E-state index contributed by atoms with van der Waals surface area (Å²) in [5, 5.41) is 1.73. The maximum atomic E-state index is 13.1. The largest absolute Gasteiger partial charge is 0.348 e. The topological polar surface area (TPSA) is 81.2 Å². The molecule has 10 heteroatoms. The minimum absolute atomic E-state index is 0.0452. The second-order valence-corrected chi connectivity index (χ2v) is 10.5. The Morgan fingerprint density at radius 3 is 2.61 bits per heavy atom. The highest BCUT2D eigenvalue weighted by Gasteiger charge is 2.41. The van der Waals surface area contributed by atoms with Crippen LogP contribution in [-0.4, -0.2) is 98.6 Å². The number of likely N-dealkylation sites (N-methyl/N-ethyl adjacent to an activating group) is 1. The van der Waals surface area contributed by atoms with Crippen LogP contribution in [0.1, 0.15) is 19.3 Å². The van der Waals surface area contributed by atoms with Crippen molar-refractivity contribution >= 4 is 33.2 Å². The highest BCUT2D eigenvalue weighted by molar-refractivity contribution is 7.91. The molecule has 0 radical (unpaired) electrons. The van der Waals surface area contributed by atoms with E-state index < -0.39 is 16.1 Å². The van der Waals surface area contributed by atoms with Crippen LogP contribution in [0.4, 0.5) is 0 Å². The monoisotopic (exact) mass is 428 g/mol. The van der Waals surface area contributed by atoms with Crippen LogP contribution < -0.4 is 0 Å². The zero-order valence-corrected chi connectivity index (χ0v) is 18.0. The van der Waals surface area contributed by atoms with Gasteiger partial charge in [0.25, 0.3) is 10.0 Å². The van der Waals surface area contributed by atoms with Gasteiger partial charge in [0.2, 0.25) is 11.8 Å². The van der Waals surface area contributed by atoms with Crippen molar-refractivity contribution in [2.24, 2.45) is 0 Å². The van der Waals surface area contributed by atoms with E-state index in [1.54, 1.807) is 41.4 Å².